The van der Waals surface area contributed by atoms with Crippen molar-refractivity contribution in [1.82, 2.24) is 20.4 Å². The lowest BCUT2D eigenvalue weighted by atomic mass is 10.5. The van der Waals surface area contributed by atoms with Crippen molar-refractivity contribution in [1.29, 1.82) is 0 Å². The third kappa shape index (κ3) is 9.52. The maximum Gasteiger partial charge on any atom is 0.413 e. The Morgan fingerprint density at radius 2 is 1.19 bits per heavy atom. The first kappa shape index (κ1) is 24.9. The molecule has 0 aliphatic heterocycles. The van der Waals surface area contributed by atoms with Gasteiger partial charge in [-0.15, -0.1) is 20.4 Å². The number of nitrogens with zero attached hydrogens (tertiary/aromatic N) is 4. The van der Waals surface area contributed by atoms with Crippen LogP contribution in [-0.2, 0) is 32.2 Å². The number of carbonyl (C=O) groups excluding carboxylic acids is 2. The minimum atomic E-state index is -3.38. The van der Waals surface area contributed by atoms with Gasteiger partial charge in [0.15, 0.2) is 9.84 Å². The summed E-state index contributed by atoms with van der Waals surface area (Å²) in [5.74, 6) is -0.245. The summed E-state index contributed by atoms with van der Waals surface area (Å²) >= 11 is 2.17. The lowest BCUT2D eigenvalue weighted by Gasteiger charge is -2.06. The second-order valence-corrected chi connectivity index (χ2v) is 11.2. The lowest BCUT2D eigenvalue weighted by molar-refractivity contribution is 0.129. The molecule has 0 unspecified atom stereocenters. The molecule has 0 spiro atoms. The predicted octanol–water partition coefficient (Wildman–Crippen LogP) is 2.50. The van der Waals surface area contributed by atoms with Gasteiger partial charge in [0, 0.05) is 12.8 Å². The summed E-state index contributed by atoms with van der Waals surface area (Å²) in [7, 11) is -3.38. The summed E-state index contributed by atoms with van der Waals surface area (Å²) in [6, 6.07) is 0. The largest absolute Gasteiger partial charge is 0.447 e. The van der Waals surface area contributed by atoms with Gasteiger partial charge in [0.2, 0.25) is 10.3 Å². The zero-order valence-electron chi connectivity index (χ0n) is 17.4. The number of aromatic nitrogens is 4. The molecule has 0 saturated carbocycles. The third-order valence-corrected chi connectivity index (χ3v) is 6.74. The van der Waals surface area contributed by atoms with Gasteiger partial charge in [-0.05, 0) is 27.7 Å². The fourth-order valence-corrected chi connectivity index (χ4v) is 4.98. The highest BCUT2D eigenvalue weighted by atomic mass is 32.2. The normalized spacial score (nSPS) is 11.5. The number of anilines is 2. The monoisotopic (exact) mass is 492 g/mol. The van der Waals surface area contributed by atoms with Crippen molar-refractivity contribution in [2.75, 3.05) is 22.1 Å². The van der Waals surface area contributed by atoms with E-state index in [2.05, 4.69) is 31.0 Å². The van der Waals surface area contributed by atoms with Gasteiger partial charge in [-0.25, -0.2) is 18.0 Å². The second-order valence-electron chi connectivity index (χ2n) is 6.81. The first-order chi connectivity index (χ1) is 14.5. The second kappa shape index (κ2) is 11.3. The van der Waals surface area contributed by atoms with Gasteiger partial charge < -0.3 is 9.47 Å². The Balaban J connectivity index is 1.79. The Hall–Kier alpha value is -2.39. The van der Waals surface area contributed by atoms with E-state index in [0.717, 1.165) is 22.7 Å². The van der Waals surface area contributed by atoms with Crippen molar-refractivity contribution in [2.24, 2.45) is 0 Å². The first-order valence-electron chi connectivity index (χ1n) is 9.33. The number of hydrogen-bond donors (Lipinski definition) is 2. The molecule has 0 aliphatic rings. The Kier molecular flexibility index (Phi) is 9.06. The molecule has 2 aromatic rings. The molecule has 0 atom stereocenters. The van der Waals surface area contributed by atoms with Crippen LogP contribution in [0.2, 0.25) is 0 Å². The van der Waals surface area contributed by atoms with E-state index in [1.165, 1.54) is 0 Å². The molecule has 0 bridgehead atoms. The quantitative estimate of drug-likeness (QED) is 0.504. The molecule has 2 rings (SSSR count). The average Bonchev–Trinajstić information content (AvgIpc) is 3.26. The molecule has 12 nitrogen and oxygen atoms in total. The average molecular weight is 493 g/mol. The molecular weight excluding hydrogens is 468 g/mol. The number of nitrogens with one attached hydrogen (secondary N) is 2. The number of rotatable bonds is 10. The molecule has 0 aromatic carbocycles. The topological polar surface area (TPSA) is 162 Å². The van der Waals surface area contributed by atoms with Crippen LogP contribution in [0, 0.1) is 0 Å². The summed E-state index contributed by atoms with van der Waals surface area (Å²) in [6.07, 6.45) is -1.49. The van der Waals surface area contributed by atoms with Crippen LogP contribution in [0.4, 0.5) is 19.9 Å². The van der Waals surface area contributed by atoms with E-state index in [4.69, 9.17) is 9.47 Å². The van der Waals surface area contributed by atoms with E-state index in [9.17, 15) is 18.0 Å². The van der Waals surface area contributed by atoms with E-state index >= 15 is 0 Å². The molecule has 0 fully saturated rings. The molecule has 31 heavy (non-hydrogen) atoms. The Labute approximate surface area is 187 Å². The van der Waals surface area contributed by atoms with Crippen LogP contribution in [-0.4, -0.2) is 64.7 Å². The third-order valence-electron chi connectivity index (χ3n) is 3.29. The number of amides is 2. The summed E-state index contributed by atoms with van der Waals surface area (Å²) < 4.78 is 34.5. The summed E-state index contributed by atoms with van der Waals surface area (Å²) in [6.45, 7) is 6.87. The highest BCUT2D eigenvalue weighted by Gasteiger charge is 2.17. The van der Waals surface area contributed by atoms with Crippen LogP contribution in [0.25, 0.3) is 0 Å². The number of sulfone groups is 1. The summed E-state index contributed by atoms with van der Waals surface area (Å²) in [5.41, 5.74) is 0. The highest BCUT2D eigenvalue weighted by Crippen LogP contribution is 2.19. The molecule has 2 amide bonds. The maximum absolute atomic E-state index is 12.3. The van der Waals surface area contributed by atoms with Crippen LogP contribution in [0.1, 0.15) is 37.7 Å². The molecule has 0 aliphatic carbocycles. The molecule has 2 N–H and O–H groups in total. The Bertz CT molecular complexity index is 915. The number of carbonyl (C=O) groups is 2. The van der Waals surface area contributed by atoms with Gasteiger partial charge in [-0.3, -0.25) is 10.6 Å². The molecule has 172 valence electrons. The van der Waals surface area contributed by atoms with Crippen molar-refractivity contribution in [2.45, 2.75) is 52.7 Å². The fourth-order valence-electron chi connectivity index (χ4n) is 2.06. The van der Waals surface area contributed by atoms with Crippen molar-refractivity contribution >= 4 is 55.0 Å². The number of ether oxygens (including phenoxy) is 2. The van der Waals surface area contributed by atoms with Crippen LogP contribution in [0.5, 0.6) is 0 Å². The lowest BCUT2D eigenvalue weighted by Crippen LogP contribution is -2.17. The molecular formula is C16H24N6O6S3. The molecule has 0 radical (unpaired) electrons. The predicted molar refractivity (Wildman–Crippen MR) is 116 cm³/mol. The molecule has 15 heteroatoms. The smallest absolute Gasteiger partial charge is 0.413 e. The van der Waals surface area contributed by atoms with E-state index in [0.29, 0.717) is 10.0 Å². The van der Waals surface area contributed by atoms with Crippen molar-refractivity contribution in [3.63, 3.8) is 0 Å². The first-order valence-corrected chi connectivity index (χ1v) is 12.8. The van der Waals surface area contributed by atoms with E-state index in [1.54, 1.807) is 27.7 Å². The Morgan fingerprint density at radius 3 is 1.55 bits per heavy atom. The molecule has 0 saturated heterocycles. The van der Waals surface area contributed by atoms with E-state index in [-0.39, 0.29) is 46.8 Å². The maximum atomic E-state index is 12.3. The van der Waals surface area contributed by atoms with Crippen LogP contribution < -0.4 is 10.6 Å². The van der Waals surface area contributed by atoms with Crippen molar-refractivity contribution in [3.05, 3.63) is 10.0 Å². The van der Waals surface area contributed by atoms with Crippen molar-refractivity contribution in [3.8, 4) is 0 Å². The van der Waals surface area contributed by atoms with E-state index in [1.807, 2.05) is 0 Å². The minimum absolute atomic E-state index is 0.122. The zero-order chi connectivity index (χ0) is 23.0. The van der Waals surface area contributed by atoms with Gasteiger partial charge in [-0.1, -0.05) is 22.7 Å². The van der Waals surface area contributed by atoms with Crippen LogP contribution in [0.3, 0.4) is 0 Å². The molecule has 2 heterocycles. The minimum Gasteiger partial charge on any atom is -0.447 e. The van der Waals surface area contributed by atoms with Crippen LogP contribution in [0.15, 0.2) is 0 Å². The van der Waals surface area contributed by atoms with Crippen molar-refractivity contribution < 1.29 is 27.5 Å². The standard InChI is InChI=1S/C16H24N6O6S3/c1-9(2)27-15(23)17-13-21-19-11(29-13)5-7-31(25,26)8-6-12-20-22-14(30-12)18-16(24)28-10(3)4/h9-10H,5-8H2,1-4H3,(H,17,21,23)(H,18,22,24). The summed E-state index contributed by atoms with van der Waals surface area (Å²) in [4.78, 5) is 23.1. The summed E-state index contributed by atoms with van der Waals surface area (Å²) in [5, 5.41) is 21.7. The van der Waals surface area contributed by atoms with Gasteiger partial charge in [0.05, 0.1) is 23.7 Å². The SMILES string of the molecule is CC(C)OC(=O)Nc1nnc(CCS(=O)(=O)CCc2nnc(NC(=O)OC(C)C)s2)s1. The van der Waals surface area contributed by atoms with Gasteiger partial charge in [0.1, 0.15) is 10.0 Å². The Morgan fingerprint density at radius 1 is 0.806 bits per heavy atom. The number of aryl methyl sites for hydroxylation is 2. The van der Waals surface area contributed by atoms with E-state index < -0.39 is 22.0 Å². The fraction of sp³-hybridized carbons (Fsp3) is 0.625. The van der Waals surface area contributed by atoms with Gasteiger partial charge >= 0.3 is 12.2 Å². The number of hydrogen-bond acceptors (Lipinski definition) is 12. The highest BCUT2D eigenvalue weighted by molar-refractivity contribution is 7.91. The zero-order valence-corrected chi connectivity index (χ0v) is 19.9. The molecule has 2 aromatic heterocycles. The van der Waals surface area contributed by atoms with Gasteiger partial charge in [-0.2, -0.15) is 0 Å². The van der Waals surface area contributed by atoms with Crippen LogP contribution >= 0.6 is 22.7 Å². The van der Waals surface area contributed by atoms with Gasteiger partial charge in [0.25, 0.3) is 0 Å².